The van der Waals surface area contributed by atoms with E-state index >= 15 is 0 Å². The maximum atomic E-state index is 13.4. The first-order valence-corrected chi connectivity index (χ1v) is 10.2. The van der Waals surface area contributed by atoms with Gasteiger partial charge in [0.05, 0.1) is 25.8 Å². The van der Waals surface area contributed by atoms with Crippen molar-refractivity contribution in [1.82, 2.24) is 10.2 Å². The number of hydrogen-bond donors (Lipinski definition) is 2. The number of carbonyl (C=O) groups is 2. The van der Waals surface area contributed by atoms with E-state index in [0.29, 0.717) is 17.9 Å². The number of ether oxygens (including phenoxy) is 1. The van der Waals surface area contributed by atoms with Crippen LogP contribution in [0.3, 0.4) is 0 Å². The number of methoxy groups -OCH3 is 1. The minimum absolute atomic E-state index is 0.00373. The summed E-state index contributed by atoms with van der Waals surface area (Å²) in [7, 11) is 1.59. The van der Waals surface area contributed by atoms with Gasteiger partial charge < -0.3 is 25.0 Å². The Hall–Kier alpha value is -3.06. The Bertz CT molecular complexity index is 944. The minimum Gasteiger partial charge on any atom is -0.497 e. The van der Waals surface area contributed by atoms with E-state index in [1.54, 1.807) is 41.2 Å². The van der Waals surface area contributed by atoms with Gasteiger partial charge in [-0.3, -0.25) is 4.79 Å². The number of benzene rings is 2. The molecule has 2 aromatic rings. The van der Waals surface area contributed by atoms with Crippen LogP contribution in [0.5, 0.6) is 5.75 Å². The lowest BCUT2D eigenvalue weighted by atomic mass is 9.72. The predicted octanol–water partition coefficient (Wildman–Crippen LogP) is 2.60. The quantitative estimate of drug-likeness (QED) is 0.813. The highest BCUT2D eigenvalue weighted by Gasteiger charge is 2.55. The summed E-state index contributed by atoms with van der Waals surface area (Å²) in [4.78, 5) is 29.6. The second kappa shape index (κ2) is 7.99. The highest BCUT2D eigenvalue weighted by Crippen LogP contribution is 2.48. The average molecular weight is 409 g/mol. The number of urea groups is 1. The van der Waals surface area contributed by atoms with E-state index in [-0.39, 0.29) is 42.6 Å². The van der Waals surface area contributed by atoms with Crippen LogP contribution in [-0.4, -0.2) is 60.3 Å². The number of aliphatic hydroxyl groups excluding tert-OH is 1. The number of carbonyl (C=O) groups excluding carboxylic acids is 2. The molecule has 2 aliphatic heterocycles. The van der Waals surface area contributed by atoms with E-state index < -0.39 is 0 Å². The summed E-state index contributed by atoms with van der Waals surface area (Å²) in [6, 6.07) is 14.1. The smallest absolute Gasteiger partial charge is 0.318 e. The summed E-state index contributed by atoms with van der Waals surface area (Å²) in [5.74, 6) is 0.566. The van der Waals surface area contributed by atoms with Crippen LogP contribution in [0.25, 0.3) is 0 Å². The highest BCUT2D eigenvalue weighted by molar-refractivity contribution is 6.07. The van der Waals surface area contributed by atoms with Crippen molar-refractivity contribution in [3.63, 3.8) is 0 Å². The summed E-state index contributed by atoms with van der Waals surface area (Å²) >= 11 is 0. The molecule has 2 aromatic carbocycles. The van der Waals surface area contributed by atoms with Gasteiger partial charge in [-0.1, -0.05) is 18.2 Å². The van der Waals surface area contributed by atoms with Crippen molar-refractivity contribution >= 4 is 17.6 Å². The van der Waals surface area contributed by atoms with Crippen LogP contribution in [0.15, 0.2) is 48.5 Å². The fourth-order valence-electron chi connectivity index (χ4n) is 4.57. The molecule has 0 saturated carbocycles. The molecule has 2 aliphatic rings. The number of fused-ring (bicyclic) bond motifs is 3. The molecular formula is C23H27N3O4. The molecule has 0 aliphatic carbocycles. The van der Waals surface area contributed by atoms with E-state index in [2.05, 4.69) is 5.32 Å². The standard InChI is InChI=1S/C23H27N3O4/c1-14(2)24-23(29)26-19-12-25(22(28)15-8-10-16(30-3)11-9-15)18-7-5-4-6-17(18)21(19)20(26)13-27/h4-11,14,19-21,27H,12-13H2,1-3H3,(H,24,29)/t19-,20+,21+/m0/s1. The Balaban J connectivity index is 1.68. The maximum Gasteiger partial charge on any atom is 0.318 e. The Morgan fingerprint density at radius 1 is 1.17 bits per heavy atom. The highest BCUT2D eigenvalue weighted by atomic mass is 16.5. The fourth-order valence-corrected chi connectivity index (χ4v) is 4.57. The largest absolute Gasteiger partial charge is 0.497 e. The zero-order valence-electron chi connectivity index (χ0n) is 17.4. The third-order valence-electron chi connectivity index (χ3n) is 5.92. The van der Waals surface area contributed by atoms with Crippen LogP contribution in [-0.2, 0) is 0 Å². The molecule has 4 rings (SSSR count). The van der Waals surface area contributed by atoms with Crippen LogP contribution < -0.4 is 15.0 Å². The average Bonchev–Trinajstić information content (AvgIpc) is 2.73. The van der Waals surface area contributed by atoms with Crippen molar-refractivity contribution in [2.24, 2.45) is 0 Å². The zero-order chi connectivity index (χ0) is 21.4. The fraction of sp³-hybridized carbons (Fsp3) is 0.391. The summed E-state index contributed by atoms with van der Waals surface area (Å²) in [5.41, 5.74) is 2.38. The van der Waals surface area contributed by atoms with Gasteiger partial charge in [-0.15, -0.1) is 0 Å². The molecule has 0 bridgehead atoms. The summed E-state index contributed by atoms with van der Waals surface area (Å²) in [5, 5.41) is 12.9. The lowest BCUT2D eigenvalue weighted by Gasteiger charge is -2.58. The van der Waals surface area contributed by atoms with Gasteiger partial charge in [-0.2, -0.15) is 0 Å². The molecular weight excluding hydrogens is 382 g/mol. The molecule has 7 nitrogen and oxygen atoms in total. The van der Waals surface area contributed by atoms with Crippen molar-refractivity contribution in [2.45, 2.75) is 37.9 Å². The second-order valence-corrected chi connectivity index (χ2v) is 8.06. The molecule has 0 spiro atoms. The monoisotopic (exact) mass is 409 g/mol. The molecule has 1 fully saturated rings. The van der Waals surface area contributed by atoms with Crippen molar-refractivity contribution in [1.29, 1.82) is 0 Å². The Kier molecular flexibility index (Phi) is 5.39. The number of nitrogens with one attached hydrogen (secondary N) is 1. The molecule has 158 valence electrons. The molecule has 0 radical (unpaired) electrons. The van der Waals surface area contributed by atoms with Gasteiger partial charge >= 0.3 is 6.03 Å². The molecule has 3 atom stereocenters. The third-order valence-corrected chi connectivity index (χ3v) is 5.92. The van der Waals surface area contributed by atoms with Gasteiger partial charge in [0.2, 0.25) is 0 Å². The number of nitrogens with zero attached hydrogens (tertiary/aromatic N) is 2. The van der Waals surface area contributed by atoms with Crippen LogP contribution in [0.4, 0.5) is 10.5 Å². The number of amides is 3. The first kappa shape index (κ1) is 20.2. The summed E-state index contributed by atoms with van der Waals surface area (Å²) in [6.45, 7) is 4.07. The Labute approximate surface area is 176 Å². The van der Waals surface area contributed by atoms with Gasteiger partial charge in [-0.25, -0.2) is 4.79 Å². The minimum atomic E-state index is -0.298. The first-order chi connectivity index (χ1) is 14.5. The summed E-state index contributed by atoms with van der Waals surface area (Å²) in [6.07, 6.45) is 0. The molecule has 3 amide bonds. The zero-order valence-corrected chi connectivity index (χ0v) is 17.4. The van der Waals surface area contributed by atoms with E-state index in [0.717, 1.165) is 11.3 Å². The number of anilines is 1. The number of para-hydroxylation sites is 1. The van der Waals surface area contributed by atoms with Crippen LogP contribution in [0.1, 0.15) is 35.7 Å². The normalized spacial score (nSPS) is 22.1. The number of likely N-dealkylation sites (tertiary alicyclic amines) is 1. The predicted molar refractivity (Wildman–Crippen MR) is 114 cm³/mol. The second-order valence-electron chi connectivity index (χ2n) is 8.06. The summed E-state index contributed by atoms with van der Waals surface area (Å²) < 4.78 is 5.19. The van der Waals surface area contributed by atoms with Crippen molar-refractivity contribution < 1.29 is 19.4 Å². The lowest BCUT2D eigenvalue weighted by Crippen LogP contribution is -2.72. The first-order valence-electron chi connectivity index (χ1n) is 10.2. The van der Waals surface area contributed by atoms with Crippen LogP contribution in [0, 0.1) is 0 Å². The van der Waals surface area contributed by atoms with Gasteiger partial charge in [0, 0.05) is 29.8 Å². The van der Waals surface area contributed by atoms with Crippen molar-refractivity contribution in [2.75, 3.05) is 25.2 Å². The van der Waals surface area contributed by atoms with Crippen LogP contribution in [0.2, 0.25) is 0 Å². The number of rotatable bonds is 4. The molecule has 0 unspecified atom stereocenters. The van der Waals surface area contributed by atoms with Gasteiger partial charge in [-0.05, 0) is 49.7 Å². The molecule has 30 heavy (non-hydrogen) atoms. The number of hydrogen-bond acceptors (Lipinski definition) is 4. The van der Waals surface area contributed by atoms with E-state index in [1.807, 2.05) is 38.1 Å². The topological polar surface area (TPSA) is 82.1 Å². The Morgan fingerprint density at radius 3 is 2.50 bits per heavy atom. The molecule has 2 N–H and O–H groups in total. The molecule has 0 aromatic heterocycles. The lowest BCUT2D eigenvalue weighted by molar-refractivity contribution is -0.00815. The molecule has 1 saturated heterocycles. The third kappa shape index (κ3) is 3.29. The number of aliphatic hydroxyl groups is 1. The van der Waals surface area contributed by atoms with Crippen molar-refractivity contribution in [3.05, 3.63) is 59.7 Å². The Morgan fingerprint density at radius 2 is 1.87 bits per heavy atom. The van der Waals surface area contributed by atoms with E-state index in [4.69, 9.17) is 4.74 Å². The maximum absolute atomic E-state index is 13.4. The van der Waals surface area contributed by atoms with Crippen LogP contribution >= 0.6 is 0 Å². The van der Waals surface area contributed by atoms with Gasteiger partial charge in [0.1, 0.15) is 5.75 Å². The van der Waals surface area contributed by atoms with Gasteiger partial charge in [0.25, 0.3) is 5.91 Å². The van der Waals surface area contributed by atoms with E-state index in [1.165, 1.54) is 0 Å². The SMILES string of the molecule is COc1ccc(C(=O)N2C[C@H]3[C@@H](c4ccccc42)[C@@H](CO)N3C(=O)NC(C)C)cc1. The van der Waals surface area contributed by atoms with Gasteiger partial charge in [0.15, 0.2) is 0 Å². The van der Waals surface area contributed by atoms with Crippen molar-refractivity contribution in [3.8, 4) is 5.75 Å². The molecule has 7 heteroatoms. The molecule has 2 heterocycles. The van der Waals surface area contributed by atoms with E-state index in [9.17, 15) is 14.7 Å².